The molecule has 1 aromatic carbocycles. The smallest absolute Gasteiger partial charge is 0.336 e. The van der Waals surface area contributed by atoms with Gasteiger partial charge in [0.05, 0.1) is 11.3 Å². The van der Waals surface area contributed by atoms with Crippen LogP contribution in [-0.2, 0) is 0 Å². The molecule has 2 N–H and O–H groups in total. The number of amides is 1. The summed E-state index contributed by atoms with van der Waals surface area (Å²) in [5.74, 6) is -0.962. The highest BCUT2D eigenvalue weighted by molar-refractivity contribution is 6.03. The molecule has 0 aliphatic heterocycles. The number of anilines is 1. The molecule has 0 spiro atoms. The van der Waals surface area contributed by atoms with Crippen LogP contribution in [0.4, 0.5) is 5.69 Å². The van der Waals surface area contributed by atoms with E-state index in [-0.39, 0.29) is 11.3 Å². The first-order valence-corrected chi connectivity index (χ1v) is 5.98. The van der Waals surface area contributed by atoms with E-state index in [1.807, 2.05) is 0 Å². The fourth-order valence-corrected chi connectivity index (χ4v) is 1.86. The highest BCUT2D eigenvalue weighted by atomic mass is 16.4. The lowest BCUT2D eigenvalue weighted by Gasteiger charge is -2.06. The summed E-state index contributed by atoms with van der Waals surface area (Å²) in [4.78, 5) is 27.1. The van der Waals surface area contributed by atoms with E-state index < -0.39 is 11.9 Å². The molecule has 20 heavy (non-hydrogen) atoms. The Kier molecular flexibility index (Phi) is 3.56. The lowest BCUT2D eigenvalue weighted by molar-refractivity contribution is 0.0695. The molecule has 6 nitrogen and oxygen atoms in total. The lowest BCUT2D eigenvalue weighted by Crippen LogP contribution is -2.13. The molecule has 2 rings (SSSR count). The number of aromatic nitrogens is 1. The van der Waals surface area contributed by atoms with Gasteiger partial charge in [0.15, 0.2) is 5.89 Å². The summed E-state index contributed by atoms with van der Waals surface area (Å²) >= 11 is 0. The number of carboxylic acid groups (broad SMARTS) is 1. The van der Waals surface area contributed by atoms with Crippen LogP contribution in [0, 0.1) is 20.8 Å². The largest absolute Gasteiger partial charge is 0.478 e. The van der Waals surface area contributed by atoms with Crippen LogP contribution >= 0.6 is 0 Å². The highest BCUT2D eigenvalue weighted by Crippen LogP contribution is 2.17. The van der Waals surface area contributed by atoms with Crippen LogP contribution in [0.25, 0.3) is 0 Å². The molecule has 0 aliphatic carbocycles. The van der Waals surface area contributed by atoms with Gasteiger partial charge in [-0.25, -0.2) is 9.78 Å². The Hall–Kier alpha value is -2.63. The van der Waals surface area contributed by atoms with Crippen molar-refractivity contribution >= 4 is 17.6 Å². The van der Waals surface area contributed by atoms with Crippen molar-refractivity contribution in [2.24, 2.45) is 0 Å². The fraction of sp³-hybridized carbons (Fsp3) is 0.214. The number of benzene rings is 1. The number of nitrogens with one attached hydrogen (secondary N) is 1. The maximum absolute atomic E-state index is 12.0. The number of hydrogen-bond acceptors (Lipinski definition) is 4. The maximum Gasteiger partial charge on any atom is 0.336 e. The lowest BCUT2D eigenvalue weighted by atomic mass is 10.1. The zero-order chi connectivity index (χ0) is 14.9. The van der Waals surface area contributed by atoms with Crippen molar-refractivity contribution in [2.45, 2.75) is 20.8 Å². The average molecular weight is 274 g/mol. The molecule has 0 bridgehead atoms. The number of carbonyl (C=O) groups excluding carboxylic acids is 1. The van der Waals surface area contributed by atoms with Crippen molar-refractivity contribution in [1.29, 1.82) is 0 Å². The normalized spacial score (nSPS) is 10.3. The molecule has 104 valence electrons. The first-order valence-electron chi connectivity index (χ1n) is 5.98. The SMILES string of the molecule is Cc1nc(C)c(C(=O)Nc2ccc(C)c(C(=O)O)c2)o1. The number of oxazole rings is 1. The Bertz CT molecular complexity index is 688. The summed E-state index contributed by atoms with van der Waals surface area (Å²) in [5, 5.41) is 11.6. The Balaban J connectivity index is 2.26. The molecule has 0 atom stereocenters. The zero-order valence-electron chi connectivity index (χ0n) is 11.4. The maximum atomic E-state index is 12.0. The molecule has 0 aliphatic rings. The van der Waals surface area contributed by atoms with E-state index >= 15 is 0 Å². The van der Waals surface area contributed by atoms with Crippen LogP contribution in [0.2, 0.25) is 0 Å². The Morgan fingerprint density at radius 3 is 2.50 bits per heavy atom. The molecule has 6 heteroatoms. The van der Waals surface area contributed by atoms with Crippen LogP contribution in [-0.4, -0.2) is 22.0 Å². The zero-order valence-corrected chi connectivity index (χ0v) is 11.4. The summed E-state index contributed by atoms with van der Waals surface area (Å²) in [5.41, 5.74) is 1.66. The predicted molar refractivity (Wildman–Crippen MR) is 72.1 cm³/mol. The molecular formula is C14H14N2O4. The van der Waals surface area contributed by atoms with Gasteiger partial charge in [-0.1, -0.05) is 6.07 Å². The first kappa shape index (κ1) is 13.8. The van der Waals surface area contributed by atoms with E-state index in [4.69, 9.17) is 9.52 Å². The van der Waals surface area contributed by atoms with Gasteiger partial charge >= 0.3 is 5.97 Å². The minimum Gasteiger partial charge on any atom is -0.478 e. The van der Waals surface area contributed by atoms with E-state index in [1.165, 1.54) is 6.07 Å². The number of hydrogen-bond donors (Lipinski definition) is 2. The van der Waals surface area contributed by atoms with Crippen LogP contribution in [0.1, 0.15) is 38.1 Å². The van der Waals surface area contributed by atoms with E-state index in [0.717, 1.165) is 0 Å². The predicted octanol–water partition coefficient (Wildman–Crippen LogP) is 2.55. The third-order valence-electron chi connectivity index (χ3n) is 2.84. The summed E-state index contributed by atoms with van der Waals surface area (Å²) < 4.78 is 5.21. The summed E-state index contributed by atoms with van der Waals surface area (Å²) in [6, 6.07) is 4.68. The average Bonchev–Trinajstić information content (AvgIpc) is 2.70. The number of carbonyl (C=O) groups is 2. The standard InChI is InChI=1S/C14H14N2O4/c1-7-4-5-10(6-11(7)14(18)19)16-13(17)12-8(2)15-9(3)20-12/h4-6H,1-3H3,(H,16,17)(H,18,19). The second kappa shape index (κ2) is 5.16. The van der Waals surface area contributed by atoms with Crippen LogP contribution in [0.5, 0.6) is 0 Å². The van der Waals surface area contributed by atoms with Crippen molar-refractivity contribution < 1.29 is 19.1 Å². The molecule has 1 amide bonds. The van der Waals surface area contributed by atoms with Gasteiger partial charge < -0.3 is 14.8 Å². The van der Waals surface area contributed by atoms with Gasteiger partial charge in [0, 0.05) is 12.6 Å². The van der Waals surface area contributed by atoms with Gasteiger partial charge in [-0.05, 0) is 31.5 Å². The number of rotatable bonds is 3. The molecule has 0 unspecified atom stereocenters. The molecule has 0 radical (unpaired) electrons. The first-order chi connectivity index (χ1) is 9.38. The van der Waals surface area contributed by atoms with Gasteiger partial charge in [-0.2, -0.15) is 0 Å². The van der Waals surface area contributed by atoms with Crippen molar-refractivity contribution in [1.82, 2.24) is 4.98 Å². The summed E-state index contributed by atoms with van der Waals surface area (Å²) in [6.07, 6.45) is 0. The number of aromatic carboxylic acids is 1. The van der Waals surface area contributed by atoms with Crippen LogP contribution in [0.15, 0.2) is 22.6 Å². The van der Waals surface area contributed by atoms with Crippen molar-refractivity contribution in [3.8, 4) is 0 Å². The topological polar surface area (TPSA) is 92.4 Å². The summed E-state index contributed by atoms with van der Waals surface area (Å²) in [6.45, 7) is 5.01. The van der Waals surface area contributed by atoms with Gasteiger partial charge in [0.2, 0.25) is 5.76 Å². The van der Waals surface area contributed by atoms with E-state index in [0.29, 0.717) is 22.8 Å². The number of nitrogens with zero attached hydrogens (tertiary/aromatic N) is 1. The monoisotopic (exact) mass is 274 g/mol. The fourth-order valence-electron chi connectivity index (χ4n) is 1.86. The highest BCUT2D eigenvalue weighted by Gasteiger charge is 2.17. The summed E-state index contributed by atoms with van der Waals surface area (Å²) in [7, 11) is 0. The molecule has 0 saturated carbocycles. The van der Waals surface area contributed by atoms with E-state index in [9.17, 15) is 9.59 Å². The molecule has 1 aromatic heterocycles. The quantitative estimate of drug-likeness (QED) is 0.897. The third kappa shape index (κ3) is 2.69. The van der Waals surface area contributed by atoms with Crippen molar-refractivity contribution in [3.63, 3.8) is 0 Å². The van der Waals surface area contributed by atoms with E-state index in [2.05, 4.69) is 10.3 Å². The molecule has 1 heterocycles. The van der Waals surface area contributed by atoms with Crippen molar-refractivity contribution in [2.75, 3.05) is 5.32 Å². The Labute approximate surface area is 115 Å². The molecule has 0 fully saturated rings. The number of carboxylic acids is 1. The van der Waals surface area contributed by atoms with Crippen LogP contribution < -0.4 is 5.32 Å². The Morgan fingerprint density at radius 1 is 1.25 bits per heavy atom. The van der Waals surface area contributed by atoms with Gasteiger partial charge in [0.25, 0.3) is 5.91 Å². The number of aryl methyl sites for hydroxylation is 3. The van der Waals surface area contributed by atoms with E-state index in [1.54, 1.807) is 32.9 Å². The third-order valence-corrected chi connectivity index (χ3v) is 2.84. The molecular weight excluding hydrogens is 260 g/mol. The molecule has 0 saturated heterocycles. The van der Waals surface area contributed by atoms with Gasteiger partial charge in [-0.3, -0.25) is 4.79 Å². The van der Waals surface area contributed by atoms with Crippen molar-refractivity contribution in [3.05, 3.63) is 46.7 Å². The molecule has 2 aromatic rings. The Morgan fingerprint density at radius 2 is 1.95 bits per heavy atom. The van der Waals surface area contributed by atoms with Gasteiger partial charge in [-0.15, -0.1) is 0 Å². The second-order valence-corrected chi connectivity index (χ2v) is 4.44. The minimum atomic E-state index is -1.04. The van der Waals surface area contributed by atoms with Gasteiger partial charge in [0.1, 0.15) is 0 Å². The van der Waals surface area contributed by atoms with Crippen LogP contribution in [0.3, 0.4) is 0 Å². The second-order valence-electron chi connectivity index (χ2n) is 4.44. The minimum absolute atomic E-state index is 0.125.